The van der Waals surface area contributed by atoms with Gasteiger partial charge in [0.15, 0.2) is 0 Å². The number of nitrogens with zero attached hydrogens (tertiary/aromatic N) is 2. The van der Waals surface area contributed by atoms with Crippen LogP contribution in [0, 0.1) is 0 Å². The number of anilines is 2. The van der Waals surface area contributed by atoms with Gasteiger partial charge in [0.25, 0.3) is 0 Å². The lowest BCUT2D eigenvalue weighted by atomic mass is 10.2. The molecule has 116 valence electrons. The summed E-state index contributed by atoms with van der Waals surface area (Å²) in [6, 6.07) is 8.29. The first-order chi connectivity index (χ1) is 9.97. The fourth-order valence-electron chi connectivity index (χ4n) is 2.32. The maximum Gasteiger partial charge on any atom is 0.305 e. The third kappa shape index (κ3) is 5.50. The first-order valence-electron chi connectivity index (χ1n) is 7.44. The summed E-state index contributed by atoms with van der Waals surface area (Å²) >= 11 is 0. The molecule has 0 bridgehead atoms. The van der Waals surface area contributed by atoms with E-state index in [-0.39, 0.29) is 6.42 Å². The van der Waals surface area contributed by atoms with E-state index in [9.17, 15) is 4.79 Å². The zero-order valence-corrected chi connectivity index (χ0v) is 13.3. The number of hydrogen-bond acceptors (Lipinski definition) is 3. The van der Waals surface area contributed by atoms with Crippen LogP contribution in [0.5, 0.6) is 0 Å². The van der Waals surface area contributed by atoms with Gasteiger partial charge in [-0.1, -0.05) is 12.2 Å². The predicted octanol–water partition coefficient (Wildman–Crippen LogP) is 3.39. The van der Waals surface area contributed by atoms with Crippen molar-refractivity contribution in [2.24, 2.45) is 0 Å². The average Bonchev–Trinajstić information content (AvgIpc) is 2.45. The highest BCUT2D eigenvalue weighted by atomic mass is 16.4. The van der Waals surface area contributed by atoms with Crippen LogP contribution in [0.3, 0.4) is 0 Å². The molecule has 0 atom stereocenters. The Morgan fingerprint density at radius 2 is 1.57 bits per heavy atom. The van der Waals surface area contributed by atoms with Crippen molar-refractivity contribution in [3.63, 3.8) is 0 Å². The second kappa shape index (κ2) is 8.35. The molecule has 4 heteroatoms. The number of aliphatic carboxylic acids is 1. The predicted molar refractivity (Wildman–Crippen MR) is 89.3 cm³/mol. The van der Waals surface area contributed by atoms with Gasteiger partial charge in [0, 0.05) is 37.6 Å². The van der Waals surface area contributed by atoms with Crippen LogP contribution in [-0.4, -0.2) is 37.3 Å². The highest BCUT2D eigenvalue weighted by molar-refractivity contribution is 5.68. The van der Waals surface area contributed by atoms with Crippen LogP contribution in [0.2, 0.25) is 0 Å². The second-order valence-electron chi connectivity index (χ2n) is 5.21. The van der Waals surface area contributed by atoms with Crippen LogP contribution in [0.1, 0.15) is 27.2 Å². The van der Waals surface area contributed by atoms with Gasteiger partial charge in [0.2, 0.25) is 0 Å². The van der Waals surface area contributed by atoms with E-state index in [1.165, 1.54) is 5.69 Å². The number of carbonyl (C=O) groups is 1. The molecule has 1 rings (SSSR count). The quantitative estimate of drug-likeness (QED) is 0.708. The van der Waals surface area contributed by atoms with E-state index in [0.29, 0.717) is 13.1 Å². The van der Waals surface area contributed by atoms with E-state index in [1.807, 2.05) is 6.92 Å². The van der Waals surface area contributed by atoms with E-state index in [4.69, 9.17) is 5.11 Å². The Hall–Kier alpha value is -1.97. The van der Waals surface area contributed by atoms with Gasteiger partial charge in [-0.05, 0) is 45.0 Å². The zero-order chi connectivity index (χ0) is 15.8. The molecule has 0 aliphatic heterocycles. The minimum atomic E-state index is -0.776. The molecule has 0 aliphatic carbocycles. The highest BCUT2D eigenvalue weighted by Crippen LogP contribution is 2.21. The van der Waals surface area contributed by atoms with Gasteiger partial charge in [-0.3, -0.25) is 4.79 Å². The summed E-state index contributed by atoms with van der Waals surface area (Å²) in [5, 5.41) is 8.87. The molecule has 0 unspecified atom stereocenters. The normalized spacial score (nSPS) is 10.2. The number of hydrogen-bond donors (Lipinski definition) is 1. The van der Waals surface area contributed by atoms with Crippen LogP contribution >= 0.6 is 0 Å². The highest BCUT2D eigenvalue weighted by Gasteiger charge is 2.10. The Morgan fingerprint density at radius 1 is 1.10 bits per heavy atom. The molecular formula is C17H26N2O2. The van der Waals surface area contributed by atoms with Gasteiger partial charge >= 0.3 is 5.97 Å². The van der Waals surface area contributed by atoms with E-state index in [1.54, 1.807) is 0 Å². The van der Waals surface area contributed by atoms with E-state index in [0.717, 1.165) is 24.4 Å². The molecule has 0 aliphatic rings. The molecule has 1 N–H and O–H groups in total. The van der Waals surface area contributed by atoms with Crippen molar-refractivity contribution in [2.45, 2.75) is 27.2 Å². The third-order valence-corrected chi connectivity index (χ3v) is 3.40. The lowest BCUT2D eigenvalue weighted by Gasteiger charge is -2.26. The molecule has 4 nitrogen and oxygen atoms in total. The maximum atomic E-state index is 10.8. The number of rotatable bonds is 9. The van der Waals surface area contributed by atoms with Gasteiger partial charge in [-0.2, -0.15) is 0 Å². The average molecular weight is 290 g/mol. The van der Waals surface area contributed by atoms with E-state index < -0.39 is 5.97 Å². The summed E-state index contributed by atoms with van der Waals surface area (Å²) in [6.07, 6.45) is 0.130. The van der Waals surface area contributed by atoms with Crippen molar-refractivity contribution in [3.8, 4) is 0 Å². The lowest BCUT2D eigenvalue weighted by molar-refractivity contribution is -0.136. The number of carboxylic acid groups (broad SMARTS) is 1. The zero-order valence-electron chi connectivity index (χ0n) is 13.3. The smallest absolute Gasteiger partial charge is 0.305 e. The van der Waals surface area contributed by atoms with Crippen LogP contribution < -0.4 is 9.80 Å². The molecular weight excluding hydrogens is 264 g/mol. The fourth-order valence-corrected chi connectivity index (χ4v) is 2.32. The number of benzene rings is 1. The molecule has 0 spiro atoms. The van der Waals surface area contributed by atoms with Crippen LogP contribution in [0.15, 0.2) is 36.4 Å². The largest absolute Gasteiger partial charge is 0.481 e. The first-order valence-corrected chi connectivity index (χ1v) is 7.44. The SMILES string of the molecule is C=C(C)CN(CCC(=O)O)c1ccc(N(CC)CC)cc1. The van der Waals surface area contributed by atoms with Crippen LogP contribution in [0.4, 0.5) is 11.4 Å². The van der Waals surface area contributed by atoms with Gasteiger partial charge < -0.3 is 14.9 Å². The third-order valence-electron chi connectivity index (χ3n) is 3.40. The van der Waals surface area contributed by atoms with Crippen molar-refractivity contribution < 1.29 is 9.90 Å². The van der Waals surface area contributed by atoms with Crippen molar-refractivity contribution in [1.82, 2.24) is 0 Å². The minimum Gasteiger partial charge on any atom is -0.481 e. The first kappa shape index (κ1) is 17.1. The Balaban J connectivity index is 2.86. The minimum absolute atomic E-state index is 0.130. The molecule has 0 fully saturated rings. The summed E-state index contributed by atoms with van der Waals surface area (Å²) in [5.74, 6) is -0.776. The Kier molecular flexibility index (Phi) is 6.79. The monoisotopic (exact) mass is 290 g/mol. The second-order valence-corrected chi connectivity index (χ2v) is 5.21. The van der Waals surface area contributed by atoms with Crippen molar-refractivity contribution in [2.75, 3.05) is 36.0 Å². The molecule has 0 aromatic heterocycles. The Morgan fingerprint density at radius 3 is 1.95 bits per heavy atom. The molecule has 1 aromatic carbocycles. The van der Waals surface area contributed by atoms with Gasteiger partial charge in [0.05, 0.1) is 6.42 Å². The molecule has 0 saturated heterocycles. The van der Waals surface area contributed by atoms with Crippen molar-refractivity contribution >= 4 is 17.3 Å². The topological polar surface area (TPSA) is 43.8 Å². The number of carboxylic acids is 1. The Bertz CT molecular complexity index is 464. The molecule has 1 aromatic rings. The summed E-state index contributed by atoms with van der Waals surface area (Å²) in [4.78, 5) is 15.1. The van der Waals surface area contributed by atoms with Crippen LogP contribution in [0.25, 0.3) is 0 Å². The molecule has 0 saturated carbocycles. The van der Waals surface area contributed by atoms with E-state index in [2.05, 4.69) is 54.5 Å². The van der Waals surface area contributed by atoms with Gasteiger partial charge in [-0.15, -0.1) is 0 Å². The summed E-state index contributed by atoms with van der Waals surface area (Å²) < 4.78 is 0. The van der Waals surface area contributed by atoms with E-state index >= 15 is 0 Å². The lowest BCUT2D eigenvalue weighted by Crippen LogP contribution is -2.28. The molecule has 0 heterocycles. The summed E-state index contributed by atoms with van der Waals surface area (Å²) in [7, 11) is 0. The molecule has 0 radical (unpaired) electrons. The fraction of sp³-hybridized carbons (Fsp3) is 0.471. The van der Waals surface area contributed by atoms with Gasteiger partial charge in [0.1, 0.15) is 0 Å². The van der Waals surface area contributed by atoms with Crippen molar-refractivity contribution in [1.29, 1.82) is 0 Å². The molecule has 21 heavy (non-hydrogen) atoms. The Labute approximate surface area is 127 Å². The van der Waals surface area contributed by atoms with Crippen molar-refractivity contribution in [3.05, 3.63) is 36.4 Å². The van der Waals surface area contributed by atoms with Crippen LogP contribution in [-0.2, 0) is 4.79 Å². The molecule has 0 amide bonds. The maximum absolute atomic E-state index is 10.8. The summed E-state index contributed by atoms with van der Waals surface area (Å²) in [6.45, 7) is 13.3. The standard InChI is InChI=1S/C17H26N2O2/c1-5-18(6-2)15-7-9-16(10-8-15)19(13-14(3)4)12-11-17(20)21/h7-10H,3,5-6,11-13H2,1-2,4H3,(H,20,21). The van der Waals surface area contributed by atoms with Gasteiger partial charge in [-0.25, -0.2) is 0 Å². The summed E-state index contributed by atoms with van der Waals surface area (Å²) in [5.41, 5.74) is 3.25.